The molecule has 64 valence electrons. The molecule has 11 heavy (non-hydrogen) atoms. The lowest BCUT2D eigenvalue weighted by atomic mass is 10.2. The largest absolute Gasteiger partial charge is 0.392 e. The quantitative estimate of drug-likeness (QED) is 0.648. The van der Waals surface area contributed by atoms with Crippen LogP contribution in [0.25, 0.3) is 0 Å². The highest BCUT2D eigenvalue weighted by Gasteiger charge is 2.09. The molecule has 0 rings (SSSR count). The van der Waals surface area contributed by atoms with E-state index >= 15 is 0 Å². The van der Waals surface area contributed by atoms with E-state index in [1.807, 2.05) is 18.9 Å². The molecule has 0 fully saturated rings. The molecule has 0 saturated heterocycles. The highest BCUT2D eigenvalue weighted by atomic mass is 16.3. The Kier molecular flexibility index (Phi) is 4.84. The minimum Gasteiger partial charge on any atom is -0.392 e. The van der Waals surface area contributed by atoms with Gasteiger partial charge in [-0.1, -0.05) is 0 Å². The predicted octanol–water partition coefficient (Wildman–Crippen LogP) is 0.601. The molecule has 0 spiro atoms. The van der Waals surface area contributed by atoms with Crippen LogP contribution in [0.3, 0.4) is 0 Å². The Morgan fingerprint density at radius 1 is 1.55 bits per heavy atom. The van der Waals surface area contributed by atoms with Gasteiger partial charge < -0.3 is 10.0 Å². The average molecular weight is 156 g/mol. The number of aliphatic hydroxyl groups excluding tert-OH is 1. The minimum absolute atomic E-state index is 0.231. The summed E-state index contributed by atoms with van der Waals surface area (Å²) in [6.45, 7) is 4.35. The zero-order valence-corrected chi connectivity index (χ0v) is 7.41. The van der Waals surface area contributed by atoms with Crippen molar-refractivity contribution in [3.8, 4) is 6.07 Å². The van der Waals surface area contributed by atoms with Gasteiger partial charge in [-0.3, -0.25) is 0 Å². The number of rotatable bonds is 4. The summed E-state index contributed by atoms with van der Waals surface area (Å²) in [4.78, 5) is 1.98. The van der Waals surface area contributed by atoms with Crippen molar-refractivity contribution in [2.75, 3.05) is 13.6 Å². The van der Waals surface area contributed by atoms with Gasteiger partial charge >= 0.3 is 0 Å². The Bertz CT molecular complexity index is 140. The van der Waals surface area contributed by atoms with Gasteiger partial charge in [0.2, 0.25) is 0 Å². The first-order valence-corrected chi connectivity index (χ1v) is 3.83. The summed E-state index contributed by atoms with van der Waals surface area (Å²) in [6.07, 6.45) is 0.199. The van der Waals surface area contributed by atoms with Crippen LogP contribution >= 0.6 is 0 Å². The number of hydrogen-bond acceptors (Lipinski definition) is 3. The fraction of sp³-hybridized carbons (Fsp3) is 0.875. The molecule has 0 aromatic heterocycles. The summed E-state index contributed by atoms with van der Waals surface area (Å²) < 4.78 is 0. The lowest BCUT2D eigenvalue weighted by Crippen LogP contribution is -2.34. The van der Waals surface area contributed by atoms with Crippen LogP contribution < -0.4 is 0 Å². The van der Waals surface area contributed by atoms with E-state index < -0.39 is 0 Å². The van der Waals surface area contributed by atoms with Crippen molar-refractivity contribution in [1.29, 1.82) is 5.26 Å². The molecule has 0 heterocycles. The average Bonchev–Trinajstić information content (AvgIpc) is 1.86. The topological polar surface area (TPSA) is 47.3 Å². The Morgan fingerprint density at radius 3 is 2.45 bits per heavy atom. The second kappa shape index (κ2) is 5.11. The maximum Gasteiger partial charge on any atom is 0.0639 e. The van der Waals surface area contributed by atoms with Crippen molar-refractivity contribution in [3.63, 3.8) is 0 Å². The van der Waals surface area contributed by atoms with E-state index in [0.717, 1.165) is 0 Å². The third kappa shape index (κ3) is 4.77. The Labute approximate surface area is 68.2 Å². The SMILES string of the molecule is CC(O)CN(C)C(C)CC#N. The molecule has 0 amide bonds. The normalized spacial score (nSPS) is 16.0. The molecule has 0 aromatic rings. The zero-order chi connectivity index (χ0) is 8.85. The molecule has 0 radical (unpaired) electrons. The molecule has 0 aliphatic carbocycles. The second-order valence-electron chi connectivity index (χ2n) is 3.00. The first-order chi connectivity index (χ1) is 5.07. The summed E-state index contributed by atoms with van der Waals surface area (Å²) in [5.41, 5.74) is 0. The van der Waals surface area contributed by atoms with E-state index in [2.05, 4.69) is 6.07 Å². The van der Waals surface area contributed by atoms with E-state index in [9.17, 15) is 0 Å². The van der Waals surface area contributed by atoms with Gasteiger partial charge in [0.05, 0.1) is 18.6 Å². The Morgan fingerprint density at radius 2 is 2.09 bits per heavy atom. The maximum atomic E-state index is 9.02. The van der Waals surface area contributed by atoms with Crippen molar-refractivity contribution < 1.29 is 5.11 Å². The lowest BCUT2D eigenvalue weighted by Gasteiger charge is -2.23. The first-order valence-electron chi connectivity index (χ1n) is 3.83. The van der Waals surface area contributed by atoms with Gasteiger partial charge in [-0.25, -0.2) is 0 Å². The first kappa shape index (κ1) is 10.4. The summed E-state index contributed by atoms with van der Waals surface area (Å²) >= 11 is 0. The van der Waals surface area contributed by atoms with Gasteiger partial charge in [0.1, 0.15) is 0 Å². The van der Waals surface area contributed by atoms with Crippen molar-refractivity contribution in [1.82, 2.24) is 4.90 Å². The van der Waals surface area contributed by atoms with Gasteiger partial charge in [-0.2, -0.15) is 5.26 Å². The van der Waals surface area contributed by atoms with Gasteiger partial charge in [-0.05, 0) is 20.9 Å². The second-order valence-corrected chi connectivity index (χ2v) is 3.00. The van der Waals surface area contributed by atoms with Crippen LogP contribution in [0.2, 0.25) is 0 Å². The van der Waals surface area contributed by atoms with Crippen molar-refractivity contribution in [2.24, 2.45) is 0 Å². The highest BCUT2D eigenvalue weighted by molar-refractivity contribution is 4.78. The molecule has 0 aliphatic rings. The van der Waals surface area contributed by atoms with E-state index in [1.54, 1.807) is 6.92 Å². The van der Waals surface area contributed by atoms with Crippen LogP contribution in [0.1, 0.15) is 20.3 Å². The molecular formula is C8H16N2O. The van der Waals surface area contributed by atoms with E-state index in [-0.39, 0.29) is 12.1 Å². The number of hydrogen-bond donors (Lipinski definition) is 1. The monoisotopic (exact) mass is 156 g/mol. The van der Waals surface area contributed by atoms with Gasteiger partial charge in [0.25, 0.3) is 0 Å². The number of likely N-dealkylation sites (N-methyl/N-ethyl adjacent to an activating group) is 1. The molecule has 0 aromatic carbocycles. The molecular weight excluding hydrogens is 140 g/mol. The Hall–Kier alpha value is -0.590. The molecule has 0 saturated carbocycles. The third-order valence-electron chi connectivity index (χ3n) is 1.69. The molecule has 2 unspecified atom stereocenters. The molecule has 3 heteroatoms. The van der Waals surface area contributed by atoms with E-state index in [1.165, 1.54) is 0 Å². The van der Waals surface area contributed by atoms with Crippen LogP contribution in [-0.2, 0) is 0 Å². The number of aliphatic hydroxyl groups is 1. The number of nitrogens with zero attached hydrogens (tertiary/aromatic N) is 2. The highest BCUT2D eigenvalue weighted by Crippen LogP contribution is 2.00. The van der Waals surface area contributed by atoms with Gasteiger partial charge in [0.15, 0.2) is 0 Å². The van der Waals surface area contributed by atoms with Crippen molar-refractivity contribution >= 4 is 0 Å². The zero-order valence-electron chi connectivity index (χ0n) is 7.41. The van der Waals surface area contributed by atoms with Gasteiger partial charge in [0, 0.05) is 12.6 Å². The van der Waals surface area contributed by atoms with E-state index in [4.69, 9.17) is 10.4 Å². The van der Waals surface area contributed by atoms with Crippen molar-refractivity contribution in [3.05, 3.63) is 0 Å². The van der Waals surface area contributed by atoms with Crippen LogP contribution in [0.5, 0.6) is 0 Å². The molecule has 0 bridgehead atoms. The van der Waals surface area contributed by atoms with Gasteiger partial charge in [-0.15, -0.1) is 0 Å². The van der Waals surface area contributed by atoms with Crippen LogP contribution in [-0.4, -0.2) is 35.7 Å². The molecule has 0 aliphatic heterocycles. The predicted molar refractivity (Wildman–Crippen MR) is 44.0 cm³/mol. The number of nitriles is 1. The van der Waals surface area contributed by atoms with Crippen LogP contribution in [0.4, 0.5) is 0 Å². The maximum absolute atomic E-state index is 9.02. The molecule has 3 nitrogen and oxygen atoms in total. The molecule has 2 atom stereocenters. The summed E-state index contributed by atoms with van der Waals surface area (Å²) in [5.74, 6) is 0. The standard InChI is InChI=1S/C8H16N2O/c1-7(4-5-9)10(3)6-8(2)11/h7-8,11H,4,6H2,1-3H3. The summed E-state index contributed by atoms with van der Waals surface area (Å²) in [5, 5.41) is 17.4. The fourth-order valence-electron chi connectivity index (χ4n) is 0.885. The lowest BCUT2D eigenvalue weighted by molar-refractivity contribution is 0.122. The fourth-order valence-corrected chi connectivity index (χ4v) is 0.885. The third-order valence-corrected chi connectivity index (χ3v) is 1.69. The Balaban J connectivity index is 3.65. The van der Waals surface area contributed by atoms with Crippen molar-refractivity contribution in [2.45, 2.75) is 32.4 Å². The minimum atomic E-state index is -0.318. The smallest absolute Gasteiger partial charge is 0.0639 e. The summed E-state index contributed by atoms with van der Waals surface area (Å²) in [6, 6.07) is 2.33. The molecule has 1 N–H and O–H groups in total. The van der Waals surface area contributed by atoms with E-state index in [0.29, 0.717) is 13.0 Å². The van der Waals surface area contributed by atoms with Crippen LogP contribution in [0, 0.1) is 11.3 Å². The van der Waals surface area contributed by atoms with Crippen LogP contribution in [0.15, 0.2) is 0 Å². The summed E-state index contributed by atoms with van der Waals surface area (Å²) in [7, 11) is 1.91.